The molecule has 0 amide bonds. The predicted octanol–water partition coefficient (Wildman–Crippen LogP) is 1.60. The molecule has 13 heavy (non-hydrogen) atoms. The maximum absolute atomic E-state index is 4.07. The molecule has 3 heteroatoms. The molecule has 0 unspecified atom stereocenters. The third-order valence-corrected chi connectivity index (χ3v) is 2.48. The molecule has 3 nitrogen and oxygen atoms in total. The number of hydrogen-bond donors (Lipinski definition) is 1. The zero-order valence-electron chi connectivity index (χ0n) is 7.12. The summed E-state index contributed by atoms with van der Waals surface area (Å²) in [6, 6.07) is 6.18. The second-order valence-corrected chi connectivity index (χ2v) is 3.24. The quantitative estimate of drug-likeness (QED) is 0.654. The van der Waals surface area contributed by atoms with E-state index in [0.717, 1.165) is 18.5 Å². The van der Waals surface area contributed by atoms with Crippen LogP contribution in [-0.4, -0.2) is 16.7 Å². The van der Waals surface area contributed by atoms with Crippen LogP contribution in [-0.2, 0) is 6.42 Å². The maximum Gasteiger partial charge on any atom is 0.0950 e. The molecule has 0 saturated carbocycles. The van der Waals surface area contributed by atoms with Gasteiger partial charge in [-0.3, -0.25) is 0 Å². The fourth-order valence-electron chi connectivity index (χ4n) is 1.85. The van der Waals surface area contributed by atoms with Crippen molar-refractivity contribution in [2.75, 3.05) is 11.9 Å². The summed E-state index contributed by atoms with van der Waals surface area (Å²) in [6.07, 6.45) is 2.86. The standard InChI is InChI=1S/C10H9N3/c1-2-9-8(4-6-12-13-9)10-7(1)3-5-11-10/h1-2,4,6,11H,3,5H2. The highest BCUT2D eigenvalue weighted by atomic mass is 15.1. The van der Waals surface area contributed by atoms with Crippen LogP contribution in [0.4, 0.5) is 5.69 Å². The molecule has 1 aliphatic heterocycles. The summed E-state index contributed by atoms with van der Waals surface area (Å²) < 4.78 is 0. The first-order chi connectivity index (χ1) is 6.45. The predicted molar refractivity (Wildman–Crippen MR) is 51.7 cm³/mol. The lowest BCUT2D eigenvalue weighted by molar-refractivity contribution is 1.07. The first-order valence-electron chi connectivity index (χ1n) is 4.42. The molecule has 0 fully saturated rings. The van der Waals surface area contributed by atoms with Gasteiger partial charge in [0.2, 0.25) is 0 Å². The number of hydrogen-bond acceptors (Lipinski definition) is 3. The molecule has 1 aromatic heterocycles. The van der Waals surface area contributed by atoms with Gasteiger partial charge >= 0.3 is 0 Å². The lowest BCUT2D eigenvalue weighted by Gasteiger charge is -2.03. The highest BCUT2D eigenvalue weighted by Crippen LogP contribution is 2.29. The molecule has 0 spiro atoms. The summed E-state index contributed by atoms with van der Waals surface area (Å²) in [6.45, 7) is 1.04. The highest BCUT2D eigenvalue weighted by molar-refractivity contribution is 5.93. The van der Waals surface area contributed by atoms with E-state index in [1.165, 1.54) is 16.6 Å². The van der Waals surface area contributed by atoms with Crippen LogP contribution in [0.1, 0.15) is 5.56 Å². The van der Waals surface area contributed by atoms with Crippen LogP contribution in [0.25, 0.3) is 10.9 Å². The van der Waals surface area contributed by atoms with Crippen molar-refractivity contribution in [1.82, 2.24) is 10.2 Å². The molecule has 1 aromatic carbocycles. The zero-order valence-corrected chi connectivity index (χ0v) is 7.12. The van der Waals surface area contributed by atoms with E-state index >= 15 is 0 Å². The van der Waals surface area contributed by atoms with Crippen LogP contribution in [0.5, 0.6) is 0 Å². The molecule has 3 rings (SSSR count). The van der Waals surface area contributed by atoms with E-state index in [1.807, 2.05) is 12.1 Å². The van der Waals surface area contributed by atoms with E-state index < -0.39 is 0 Å². The fraction of sp³-hybridized carbons (Fsp3) is 0.200. The second kappa shape index (κ2) is 2.42. The monoisotopic (exact) mass is 171 g/mol. The van der Waals surface area contributed by atoms with Crippen LogP contribution in [0.15, 0.2) is 24.4 Å². The van der Waals surface area contributed by atoms with Crippen LogP contribution < -0.4 is 5.32 Å². The topological polar surface area (TPSA) is 37.8 Å². The maximum atomic E-state index is 4.07. The normalized spacial score (nSPS) is 14.2. The van der Waals surface area contributed by atoms with Crippen LogP contribution >= 0.6 is 0 Å². The van der Waals surface area contributed by atoms with Crippen molar-refractivity contribution in [3.8, 4) is 0 Å². The molecule has 0 aliphatic carbocycles. The Morgan fingerprint density at radius 3 is 3.23 bits per heavy atom. The van der Waals surface area contributed by atoms with Gasteiger partial charge in [-0.2, -0.15) is 10.2 Å². The van der Waals surface area contributed by atoms with Gasteiger partial charge in [-0.1, -0.05) is 6.07 Å². The minimum atomic E-state index is 0.968. The largest absolute Gasteiger partial charge is 0.384 e. The minimum Gasteiger partial charge on any atom is -0.384 e. The number of nitrogens with zero attached hydrogens (tertiary/aromatic N) is 2. The Hall–Kier alpha value is -1.64. The SMILES string of the molecule is c1cc2c3c(ccc2nn1)CCN3. The van der Waals surface area contributed by atoms with Gasteiger partial charge in [0.05, 0.1) is 11.7 Å². The zero-order chi connectivity index (χ0) is 8.67. The highest BCUT2D eigenvalue weighted by Gasteiger charge is 2.12. The minimum absolute atomic E-state index is 0.968. The molecule has 0 saturated heterocycles. The van der Waals surface area contributed by atoms with E-state index in [4.69, 9.17) is 0 Å². The van der Waals surface area contributed by atoms with Crippen molar-refractivity contribution in [3.05, 3.63) is 30.0 Å². The first-order valence-corrected chi connectivity index (χ1v) is 4.42. The van der Waals surface area contributed by atoms with Crippen molar-refractivity contribution >= 4 is 16.6 Å². The molecular formula is C10H9N3. The van der Waals surface area contributed by atoms with Gasteiger partial charge < -0.3 is 5.32 Å². The number of aromatic nitrogens is 2. The molecule has 0 radical (unpaired) electrons. The van der Waals surface area contributed by atoms with Gasteiger partial charge in [-0.25, -0.2) is 0 Å². The second-order valence-electron chi connectivity index (χ2n) is 3.24. The summed E-state index contributed by atoms with van der Waals surface area (Å²) in [4.78, 5) is 0. The summed E-state index contributed by atoms with van der Waals surface area (Å²) in [5.74, 6) is 0. The van der Waals surface area contributed by atoms with E-state index in [2.05, 4.69) is 21.6 Å². The van der Waals surface area contributed by atoms with Crippen LogP contribution in [0, 0.1) is 0 Å². The fourth-order valence-corrected chi connectivity index (χ4v) is 1.85. The van der Waals surface area contributed by atoms with Gasteiger partial charge in [-0.05, 0) is 24.1 Å². The Kier molecular flexibility index (Phi) is 1.27. The summed E-state index contributed by atoms with van der Waals surface area (Å²) in [5.41, 5.74) is 3.60. The van der Waals surface area contributed by atoms with Crippen molar-refractivity contribution in [2.24, 2.45) is 0 Å². The van der Waals surface area contributed by atoms with Gasteiger partial charge in [0.15, 0.2) is 0 Å². The Balaban J connectivity index is 2.43. The molecule has 1 aliphatic rings. The molecule has 0 bridgehead atoms. The van der Waals surface area contributed by atoms with Gasteiger partial charge in [0.1, 0.15) is 0 Å². The summed E-state index contributed by atoms with van der Waals surface area (Å²) in [5, 5.41) is 12.5. The van der Waals surface area contributed by atoms with Crippen molar-refractivity contribution in [2.45, 2.75) is 6.42 Å². The van der Waals surface area contributed by atoms with Crippen molar-refractivity contribution in [3.63, 3.8) is 0 Å². The van der Waals surface area contributed by atoms with Gasteiger partial charge in [0.25, 0.3) is 0 Å². The Morgan fingerprint density at radius 1 is 1.23 bits per heavy atom. The lowest BCUT2D eigenvalue weighted by Crippen LogP contribution is -1.92. The molecule has 2 aromatic rings. The van der Waals surface area contributed by atoms with Crippen LogP contribution in [0.2, 0.25) is 0 Å². The van der Waals surface area contributed by atoms with E-state index in [0.29, 0.717) is 0 Å². The average molecular weight is 171 g/mol. The number of fused-ring (bicyclic) bond motifs is 3. The molecule has 1 N–H and O–H groups in total. The number of nitrogens with one attached hydrogen (secondary N) is 1. The van der Waals surface area contributed by atoms with Crippen molar-refractivity contribution < 1.29 is 0 Å². The third kappa shape index (κ3) is 0.900. The number of benzene rings is 1. The van der Waals surface area contributed by atoms with Gasteiger partial charge in [0, 0.05) is 17.6 Å². The van der Waals surface area contributed by atoms with Crippen LogP contribution in [0.3, 0.4) is 0 Å². The summed E-state index contributed by atoms with van der Waals surface area (Å²) in [7, 11) is 0. The van der Waals surface area contributed by atoms with Crippen molar-refractivity contribution in [1.29, 1.82) is 0 Å². The first kappa shape index (κ1) is 6.83. The number of rotatable bonds is 0. The Labute approximate surface area is 75.8 Å². The lowest BCUT2D eigenvalue weighted by atomic mass is 10.1. The molecular weight excluding hydrogens is 162 g/mol. The molecule has 0 atom stereocenters. The Morgan fingerprint density at radius 2 is 2.23 bits per heavy atom. The molecule has 2 heterocycles. The summed E-state index contributed by atoms with van der Waals surface area (Å²) >= 11 is 0. The van der Waals surface area contributed by atoms with E-state index in [1.54, 1.807) is 6.20 Å². The third-order valence-electron chi connectivity index (χ3n) is 2.48. The van der Waals surface area contributed by atoms with E-state index in [-0.39, 0.29) is 0 Å². The Bertz CT molecular complexity index is 465. The van der Waals surface area contributed by atoms with E-state index in [9.17, 15) is 0 Å². The average Bonchev–Trinajstić information content (AvgIpc) is 2.65. The smallest absolute Gasteiger partial charge is 0.0950 e. The van der Waals surface area contributed by atoms with Gasteiger partial charge in [-0.15, -0.1) is 0 Å². The number of anilines is 1. The molecule has 64 valence electrons.